The zero-order chi connectivity index (χ0) is 17.4. The van der Waals surface area contributed by atoms with Crippen LogP contribution in [0, 0.1) is 5.41 Å². The van der Waals surface area contributed by atoms with Crippen LogP contribution in [0.25, 0.3) is 0 Å². The highest BCUT2D eigenvalue weighted by molar-refractivity contribution is 14.0. The van der Waals surface area contributed by atoms with Gasteiger partial charge in [-0.2, -0.15) is 0 Å². The van der Waals surface area contributed by atoms with E-state index in [1.54, 1.807) is 7.11 Å². The Morgan fingerprint density at radius 2 is 2.00 bits per heavy atom. The molecule has 1 aromatic carbocycles. The average molecular weight is 461 g/mol. The number of nitrogens with zero attached hydrogens (tertiary/aromatic N) is 1. The maximum Gasteiger partial charge on any atom is 0.191 e. The van der Waals surface area contributed by atoms with Crippen molar-refractivity contribution in [1.82, 2.24) is 10.6 Å². The van der Waals surface area contributed by atoms with Crippen LogP contribution in [0.15, 0.2) is 29.3 Å². The Balaban J connectivity index is 0.00000312. The Morgan fingerprint density at radius 1 is 1.28 bits per heavy atom. The summed E-state index contributed by atoms with van der Waals surface area (Å²) in [5.74, 6) is 1.65. The van der Waals surface area contributed by atoms with Gasteiger partial charge in [0.25, 0.3) is 0 Å². The Labute approximate surface area is 168 Å². The molecule has 1 aromatic rings. The highest BCUT2D eigenvalue weighted by atomic mass is 127. The third-order valence-electron chi connectivity index (χ3n) is 4.86. The van der Waals surface area contributed by atoms with Crippen LogP contribution >= 0.6 is 24.0 Å². The van der Waals surface area contributed by atoms with Gasteiger partial charge < -0.3 is 20.5 Å². The van der Waals surface area contributed by atoms with E-state index in [9.17, 15) is 5.11 Å². The van der Waals surface area contributed by atoms with E-state index in [2.05, 4.69) is 29.5 Å². The lowest BCUT2D eigenvalue weighted by molar-refractivity contribution is 0.00397. The number of methoxy groups -OCH3 is 1. The normalized spacial score (nSPS) is 23.5. The van der Waals surface area contributed by atoms with E-state index in [1.807, 2.05) is 24.3 Å². The Hall–Kier alpha value is -1.02. The molecular formula is C19H32IN3O2. The van der Waals surface area contributed by atoms with E-state index in [0.717, 1.165) is 49.6 Å². The fourth-order valence-corrected chi connectivity index (χ4v) is 3.12. The Morgan fingerprint density at radius 3 is 2.60 bits per heavy atom. The minimum Gasteiger partial charge on any atom is -0.497 e. The van der Waals surface area contributed by atoms with Gasteiger partial charge in [-0.25, -0.2) is 4.99 Å². The number of ether oxygens (including phenoxy) is 1. The zero-order valence-corrected chi connectivity index (χ0v) is 17.9. The number of aliphatic imine (C=N–C) groups is 1. The predicted molar refractivity (Wildman–Crippen MR) is 114 cm³/mol. The SMILES string of the molecule is CCNC(=NCc1ccc(OC)cc1)NCC1(C)CCCCC1O.I. The van der Waals surface area contributed by atoms with Crippen molar-refractivity contribution in [3.63, 3.8) is 0 Å². The minimum atomic E-state index is -0.233. The van der Waals surface area contributed by atoms with Crippen molar-refractivity contribution in [2.24, 2.45) is 10.4 Å². The molecular weight excluding hydrogens is 429 g/mol. The van der Waals surface area contributed by atoms with Gasteiger partial charge in [-0.3, -0.25) is 0 Å². The molecule has 0 aromatic heterocycles. The van der Waals surface area contributed by atoms with E-state index in [1.165, 1.54) is 6.42 Å². The number of nitrogens with one attached hydrogen (secondary N) is 2. The lowest BCUT2D eigenvalue weighted by Crippen LogP contribution is -2.48. The second kappa shape index (κ2) is 10.9. The monoisotopic (exact) mass is 461 g/mol. The summed E-state index contributed by atoms with van der Waals surface area (Å²) in [4.78, 5) is 4.65. The first-order chi connectivity index (χ1) is 11.6. The van der Waals surface area contributed by atoms with E-state index in [-0.39, 0.29) is 35.5 Å². The molecule has 142 valence electrons. The van der Waals surface area contributed by atoms with E-state index < -0.39 is 0 Å². The van der Waals surface area contributed by atoms with Gasteiger partial charge >= 0.3 is 0 Å². The van der Waals surface area contributed by atoms with Crippen molar-refractivity contribution in [2.75, 3.05) is 20.2 Å². The fourth-order valence-electron chi connectivity index (χ4n) is 3.12. The molecule has 0 saturated heterocycles. The second-order valence-electron chi connectivity index (χ2n) is 6.81. The Bertz CT molecular complexity index is 536. The van der Waals surface area contributed by atoms with Crippen LogP contribution in [0.2, 0.25) is 0 Å². The van der Waals surface area contributed by atoms with Gasteiger partial charge in [0, 0.05) is 18.5 Å². The number of guanidine groups is 1. The quantitative estimate of drug-likeness (QED) is 0.346. The van der Waals surface area contributed by atoms with Crippen LogP contribution < -0.4 is 15.4 Å². The van der Waals surface area contributed by atoms with Crippen molar-refractivity contribution in [3.05, 3.63) is 29.8 Å². The van der Waals surface area contributed by atoms with E-state index in [4.69, 9.17) is 4.74 Å². The largest absolute Gasteiger partial charge is 0.497 e. The average Bonchev–Trinajstić information content (AvgIpc) is 2.60. The van der Waals surface area contributed by atoms with Gasteiger partial charge in [-0.15, -0.1) is 24.0 Å². The summed E-state index contributed by atoms with van der Waals surface area (Å²) in [5, 5.41) is 17.0. The first-order valence-corrected chi connectivity index (χ1v) is 8.90. The third kappa shape index (κ3) is 6.66. The molecule has 1 aliphatic carbocycles. The fraction of sp³-hybridized carbons (Fsp3) is 0.632. The summed E-state index contributed by atoms with van der Waals surface area (Å²) >= 11 is 0. The maximum atomic E-state index is 10.3. The lowest BCUT2D eigenvalue weighted by atomic mass is 9.73. The van der Waals surface area contributed by atoms with Crippen LogP contribution in [0.5, 0.6) is 5.75 Å². The molecule has 5 nitrogen and oxygen atoms in total. The zero-order valence-electron chi connectivity index (χ0n) is 15.5. The molecule has 3 N–H and O–H groups in total. The highest BCUT2D eigenvalue weighted by Crippen LogP contribution is 2.35. The number of halogens is 1. The molecule has 0 aliphatic heterocycles. The summed E-state index contributed by atoms with van der Waals surface area (Å²) in [6.45, 7) is 6.38. The van der Waals surface area contributed by atoms with Gasteiger partial charge in [-0.05, 0) is 37.5 Å². The number of aliphatic hydroxyl groups is 1. The van der Waals surface area contributed by atoms with E-state index >= 15 is 0 Å². The van der Waals surface area contributed by atoms with Crippen molar-refractivity contribution < 1.29 is 9.84 Å². The molecule has 6 heteroatoms. The summed E-state index contributed by atoms with van der Waals surface area (Å²) in [5.41, 5.74) is 1.06. The molecule has 2 atom stereocenters. The van der Waals surface area contributed by atoms with Gasteiger partial charge in [0.05, 0.1) is 19.8 Å². The molecule has 0 spiro atoms. The van der Waals surface area contributed by atoms with Gasteiger partial charge in [0.1, 0.15) is 5.75 Å². The summed E-state index contributed by atoms with van der Waals surface area (Å²) in [6.07, 6.45) is 4.04. The number of aliphatic hydroxyl groups excluding tert-OH is 1. The molecule has 0 amide bonds. The van der Waals surface area contributed by atoms with Gasteiger partial charge in [0.2, 0.25) is 0 Å². The number of rotatable bonds is 6. The maximum absolute atomic E-state index is 10.3. The van der Waals surface area contributed by atoms with Crippen molar-refractivity contribution >= 4 is 29.9 Å². The topological polar surface area (TPSA) is 65.9 Å². The number of benzene rings is 1. The standard InChI is InChI=1S/C19H31N3O2.HI/c1-4-20-18(21-13-15-8-10-16(24-3)11-9-15)22-14-19(2)12-6-5-7-17(19)23;/h8-11,17,23H,4-7,12-14H2,1-3H3,(H2,20,21,22);1H. The van der Waals surface area contributed by atoms with Crippen LogP contribution in [0.1, 0.15) is 45.1 Å². The molecule has 1 saturated carbocycles. The van der Waals surface area contributed by atoms with Crippen molar-refractivity contribution in [3.8, 4) is 5.75 Å². The molecule has 1 fully saturated rings. The molecule has 0 radical (unpaired) electrons. The molecule has 25 heavy (non-hydrogen) atoms. The molecule has 1 aliphatic rings. The molecule has 0 heterocycles. The molecule has 2 unspecified atom stereocenters. The number of hydrogen-bond donors (Lipinski definition) is 3. The third-order valence-corrected chi connectivity index (χ3v) is 4.86. The van der Waals surface area contributed by atoms with Crippen LogP contribution in [0.4, 0.5) is 0 Å². The van der Waals surface area contributed by atoms with Crippen LogP contribution in [-0.2, 0) is 6.54 Å². The summed E-state index contributed by atoms with van der Waals surface area (Å²) < 4.78 is 5.18. The van der Waals surface area contributed by atoms with Crippen LogP contribution in [0.3, 0.4) is 0 Å². The molecule has 0 bridgehead atoms. The smallest absolute Gasteiger partial charge is 0.191 e. The highest BCUT2D eigenvalue weighted by Gasteiger charge is 2.35. The van der Waals surface area contributed by atoms with Crippen molar-refractivity contribution in [2.45, 2.75) is 52.2 Å². The number of hydrogen-bond acceptors (Lipinski definition) is 3. The minimum absolute atomic E-state index is 0. The van der Waals surface area contributed by atoms with Crippen LogP contribution in [-0.4, -0.2) is 37.4 Å². The lowest BCUT2D eigenvalue weighted by Gasteiger charge is -2.38. The Kier molecular flexibility index (Phi) is 9.56. The summed E-state index contributed by atoms with van der Waals surface area (Å²) in [7, 11) is 1.67. The van der Waals surface area contributed by atoms with Crippen molar-refractivity contribution in [1.29, 1.82) is 0 Å². The molecule has 2 rings (SSSR count). The first kappa shape index (κ1) is 22.0. The predicted octanol–water partition coefficient (Wildman–Crippen LogP) is 3.31. The second-order valence-corrected chi connectivity index (χ2v) is 6.81. The van der Waals surface area contributed by atoms with Gasteiger partial charge in [-0.1, -0.05) is 31.9 Å². The van der Waals surface area contributed by atoms with E-state index in [0.29, 0.717) is 6.54 Å². The first-order valence-electron chi connectivity index (χ1n) is 8.90. The summed E-state index contributed by atoms with van der Waals surface area (Å²) in [6, 6.07) is 7.95. The van der Waals surface area contributed by atoms with Gasteiger partial charge in [0.15, 0.2) is 5.96 Å².